The van der Waals surface area contributed by atoms with Crippen LogP contribution in [0.25, 0.3) is 0 Å². The maximum absolute atomic E-state index is 12.5. The summed E-state index contributed by atoms with van der Waals surface area (Å²) in [6.45, 7) is 5.44. The number of sulfonamides is 1. The van der Waals surface area contributed by atoms with E-state index >= 15 is 0 Å². The van der Waals surface area contributed by atoms with Crippen molar-refractivity contribution in [1.82, 2.24) is 0 Å². The van der Waals surface area contributed by atoms with E-state index < -0.39 is 10.0 Å². The third-order valence-electron chi connectivity index (χ3n) is 3.07. The van der Waals surface area contributed by atoms with E-state index in [-0.39, 0.29) is 10.8 Å². The minimum Gasteiger partial charge on any atom is -0.391 e. The molecule has 0 saturated heterocycles. The van der Waals surface area contributed by atoms with Gasteiger partial charge in [-0.05, 0) is 65.5 Å². The Morgan fingerprint density at radius 2 is 1.86 bits per heavy atom. The van der Waals surface area contributed by atoms with Crippen molar-refractivity contribution < 1.29 is 13.5 Å². The number of nitrogens with one attached hydrogen (secondary N) is 1. The fourth-order valence-corrected chi connectivity index (χ4v) is 5.51. The molecule has 1 aromatic heterocycles. The molecule has 2 N–H and O–H groups in total. The molecule has 7 heteroatoms. The lowest BCUT2D eigenvalue weighted by atomic mass is 10.1. The van der Waals surface area contributed by atoms with Crippen molar-refractivity contribution in [3.8, 4) is 0 Å². The number of hydrogen-bond donors (Lipinski definition) is 2. The Balaban J connectivity index is 2.42. The molecule has 2 aromatic rings. The van der Waals surface area contributed by atoms with Gasteiger partial charge in [-0.3, -0.25) is 4.72 Å². The normalized spacial score (nSPS) is 11.7. The van der Waals surface area contributed by atoms with Crippen LogP contribution in [0.2, 0.25) is 0 Å². The average molecular weight is 390 g/mol. The van der Waals surface area contributed by atoms with E-state index in [9.17, 15) is 13.5 Å². The summed E-state index contributed by atoms with van der Waals surface area (Å²) in [5.74, 6) is 0. The third-order valence-corrected chi connectivity index (χ3v) is 6.75. The zero-order chi connectivity index (χ0) is 15.8. The van der Waals surface area contributed by atoms with E-state index in [2.05, 4.69) is 20.7 Å². The number of aliphatic hydroxyl groups excluding tert-OH is 1. The van der Waals surface area contributed by atoms with Gasteiger partial charge in [-0.15, -0.1) is 11.3 Å². The van der Waals surface area contributed by atoms with Gasteiger partial charge in [-0.2, -0.15) is 0 Å². The van der Waals surface area contributed by atoms with Gasteiger partial charge in [0.15, 0.2) is 0 Å². The van der Waals surface area contributed by atoms with Crippen LogP contribution < -0.4 is 4.72 Å². The minimum absolute atomic E-state index is 0.153. The molecule has 0 atom stereocenters. The van der Waals surface area contributed by atoms with Crippen LogP contribution >= 0.6 is 27.3 Å². The largest absolute Gasteiger partial charge is 0.391 e. The summed E-state index contributed by atoms with van der Waals surface area (Å²) < 4.78 is 28.5. The summed E-state index contributed by atoms with van der Waals surface area (Å²) in [6, 6.07) is 5.36. The van der Waals surface area contributed by atoms with E-state index in [1.54, 1.807) is 13.0 Å². The lowest BCUT2D eigenvalue weighted by Gasteiger charge is -2.12. The van der Waals surface area contributed by atoms with Gasteiger partial charge in [0.25, 0.3) is 10.0 Å². The molecule has 1 aromatic carbocycles. The van der Waals surface area contributed by atoms with Crippen molar-refractivity contribution in [3.63, 3.8) is 0 Å². The molecule has 0 unspecified atom stereocenters. The van der Waals surface area contributed by atoms with E-state index in [4.69, 9.17) is 0 Å². The Kier molecular flexibility index (Phi) is 4.77. The first kappa shape index (κ1) is 16.5. The van der Waals surface area contributed by atoms with Crippen molar-refractivity contribution >= 4 is 43.0 Å². The Morgan fingerprint density at radius 3 is 2.38 bits per heavy atom. The van der Waals surface area contributed by atoms with Crippen LogP contribution in [0.1, 0.15) is 21.6 Å². The fourth-order valence-electron chi connectivity index (χ4n) is 2.01. The molecule has 0 aliphatic rings. The third kappa shape index (κ3) is 3.48. The lowest BCUT2D eigenvalue weighted by molar-refractivity contribution is 0.285. The predicted octanol–water partition coefficient (Wildman–Crippen LogP) is 3.73. The molecule has 0 radical (unpaired) electrons. The predicted molar refractivity (Wildman–Crippen MR) is 89.4 cm³/mol. The van der Waals surface area contributed by atoms with Crippen LogP contribution in [-0.2, 0) is 16.6 Å². The highest BCUT2D eigenvalue weighted by Crippen LogP contribution is 2.32. The topological polar surface area (TPSA) is 66.4 Å². The highest BCUT2D eigenvalue weighted by Gasteiger charge is 2.20. The van der Waals surface area contributed by atoms with Crippen LogP contribution in [0.3, 0.4) is 0 Å². The van der Waals surface area contributed by atoms with E-state index in [1.165, 1.54) is 0 Å². The molecular formula is C14H16BrNO3S2. The molecule has 0 saturated carbocycles. The van der Waals surface area contributed by atoms with Crippen molar-refractivity contribution in [1.29, 1.82) is 0 Å². The van der Waals surface area contributed by atoms with E-state index in [0.717, 1.165) is 28.0 Å². The maximum Gasteiger partial charge on any atom is 0.271 e. The van der Waals surface area contributed by atoms with Gasteiger partial charge in [0.2, 0.25) is 0 Å². The number of aliphatic hydroxyl groups is 1. The van der Waals surface area contributed by atoms with Gasteiger partial charge < -0.3 is 5.11 Å². The summed E-state index contributed by atoms with van der Waals surface area (Å²) >= 11 is 4.48. The number of rotatable bonds is 4. The smallest absolute Gasteiger partial charge is 0.271 e. The van der Waals surface area contributed by atoms with Gasteiger partial charge in [-0.1, -0.05) is 6.07 Å². The molecule has 0 bridgehead atoms. The Labute approximate surface area is 137 Å². The van der Waals surface area contributed by atoms with Crippen LogP contribution in [-0.4, -0.2) is 13.5 Å². The molecule has 0 fully saturated rings. The standard InChI is InChI=1S/C14H16BrNO3S2/c1-8-4-10(3)14(11(15)5-8)16-21(18,19)13-6-9(2)12(7-17)20-13/h4-6,16-17H,7H2,1-3H3. The molecule has 0 amide bonds. The highest BCUT2D eigenvalue weighted by atomic mass is 79.9. The molecule has 0 aliphatic carbocycles. The van der Waals surface area contributed by atoms with Crippen LogP contribution in [0, 0.1) is 20.8 Å². The molecule has 4 nitrogen and oxygen atoms in total. The quantitative estimate of drug-likeness (QED) is 0.836. The van der Waals surface area contributed by atoms with Crippen molar-refractivity contribution in [3.05, 3.63) is 44.2 Å². The van der Waals surface area contributed by atoms with Crippen molar-refractivity contribution in [2.75, 3.05) is 4.72 Å². The Bertz CT molecular complexity index is 759. The number of benzene rings is 1. The summed E-state index contributed by atoms with van der Waals surface area (Å²) in [5.41, 5.74) is 3.22. The second-order valence-electron chi connectivity index (χ2n) is 4.87. The second kappa shape index (κ2) is 6.08. The van der Waals surface area contributed by atoms with Gasteiger partial charge in [0, 0.05) is 9.35 Å². The zero-order valence-electron chi connectivity index (χ0n) is 11.9. The molecule has 21 heavy (non-hydrogen) atoms. The average Bonchev–Trinajstić information content (AvgIpc) is 2.76. The van der Waals surface area contributed by atoms with Gasteiger partial charge >= 0.3 is 0 Å². The van der Waals surface area contributed by atoms with Gasteiger partial charge in [0.1, 0.15) is 4.21 Å². The minimum atomic E-state index is -3.66. The Morgan fingerprint density at radius 1 is 1.19 bits per heavy atom. The molecule has 114 valence electrons. The van der Waals surface area contributed by atoms with Crippen LogP contribution in [0.4, 0.5) is 5.69 Å². The number of halogens is 1. The molecule has 1 heterocycles. The summed E-state index contributed by atoms with van der Waals surface area (Å²) in [4.78, 5) is 0.662. The monoisotopic (exact) mass is 389 g/mol. The first-order valence-corrected chi connectivity index (χ1v) is 9.33. The van der Waals surface area contributed by atoms with Crippen molar-refractivity contribution in [2.45, 2.75) is 31.6 Å². The summed E-state index contributed by atoms with van der Waals surface area (Å²) in [5, 5.41) is 9.19. The van der Waals surface area contributed by atoms with Gasteiger partial charge in [0.05, 0.1) is 12.3 Å². The lowest BCUT2D eigenvalue weighted by Crippen LogP contribution is -2.13. The van der Waals surface area contributed by atoms with Crippen LogP contribution in [0.15, 0.2) is 26.9 Å². The van der Waals surface area contributed by atoms with Crippen LogP contribution in [0.5, 0.6) is 0 Å². The Hall–Kier alpha value is -0.890. The first-order chi connectivity index (χ1) is 9.74. The molecule has 0 spiro atoms. The number of thiophene rings is 1. The fraction of sp³-hybridized carbons (Fsp3) is 0.286. The summed E-state index contributed by atoms with van der Waals surface area (Å²) in [6.07, 6.45) is 0. The molecular weight excluding hydrogens is 374 g/mol. The zero-order valence-corrected chi connectivity index (χ0v) is 15.1. The van der Waals surface area contributed by atoms with E-state index in [1.807, 2.05) is 26.0 Å². The summed E-state index contributed by atoms with van der Waals surface area (Å²) in [7, 11) is -3.66. The molecule has 2 rings (SSSR count). The maximum atomic E-state index is 12.5. The first-order valence-electron chi connectivity index (χ1n) is 6.24. The number of aryl methyl sites for hydroxylation is 3. The van der Waals surface area contributed by atoms with E-state index in [0.29, 0.717) is 15.0 Å². The number of anilines is 1. The SMILES string of the molecule is Cc1cc(C)c(NS(=O)(=O)c2cc(C)c(CO)s2)c(Br)c1. The second-order valence-corrected chi connectivity index (χ2v) is 8.77. The highest BCUT2D eigenvalue weighted by molar-refractivity contribution is 9.10. The molecule has 0 aliphatic heterocycles. The van der Waals surface area contributed by atoms with Crippen molar-refractivity contribution in [2.24, 2.45) is 0 Å². The van der Waals surface area contributed by atoms with Gasteiger partial charge in [-0.25, -0.2) is 8.42 Å². The number of hydrogen-bond acceptors (Lipinski definition) is 4.